The molecule has 1 aromatic heterocycles. The highest BCUT2D eigenvalue weighted by Gasteiger charge is 2.12. The summed E-state index contributed by atoms with van der Waals surface area (Å²) < 4.78 is 31.2. The third kappa shape index (κ3) is 1.88. The highest BCUT2D eigenvalue weighted by molar-refractivity contribution is 5.45. The normalized spacial score (nSPS) is 10.8. The lowest BCUT2D eigenvalue weighted by Crippen LogP contribution is -1.99. The van der Waals surface area contributed by atoms with Crippen molar-refractivity contribution in [2.75, 3.05) is 7.11 Å². The van der Waals surface area contributed by atoms with E-state index in [4.69, 9.17) is 4.74 Å². The number of rotatable bonds is 3. The number of para-hydroxylation sites is 2. The van der Waals surface area contributed by atoms with Crippen LogP contribution in [0.1, 0.15) is 12.1 Å². The minimum Gasteiger partial charge on any atom is -0.494 e. The van der Waals surface area contributed by atoms with Gasteiger partial charge in [0.2, 0.25) is 0 Å². The van der Waals surface area contributed by atoms with E-state index in [1.165, 1.54) is 24.1 Å². The Morgan fingerprint density at radius 3 is 2.62 bits per heavy atom. The molecule has 0 spiro atoms. The average Bonchev–Trinajstić information content (AvgIpc) is 2.78. The van der Waals surface area contributed by atoms with Crippen molar-refractivity contribution in [2.45, 2.75) is 6.43 Å². The summed E-state index contributed by atoms with van der Waals surface area (Å²) in [5.74, 6) is 0.589. The van der Waals surface area contributed by atoms with Gasteiger partial charge in [-0.3, -0.25) is 0 Å². The van der Waals surface area contributed by atoms with Gasteiger partial charge in [0.25, 0.3) is 6.43 Å². The number of methoxy groups -OCH3 is 1. The Kier molecular flexibility index (Phi) is 2.85. The third-order valence-electron chi connectivity index (χ3n) is 2.17. The maximum atomic E-state index is 12.4. The summed E-state index contributed by atoms with van der Waals surface area (Å²) >= 11 is 0. The molecule has 0 aliphatic rings. The van der Waals surface area contributed by atoms with E-state index >= 15 is 0 Å². The number of hydrogen-bond donors (Lipinski definition) is 0. The summed E-state index contributed by atoms with van der Waals surface area (Å²) in [5.41, 5.74) is 0.391. The van der Waals surface area contributed by atoms with E-state index in [1.54, 1.807) is 24.3 Å². The fourth-order valence-electron chi connectivity index (χ4n) is 1.41. The maximum absolute atomic E-state index is 12.4. The van der Waals surface area contributed by atoms with Crippen LogP contribution in [0.4, 0.5) is 8.78 Å². The van der Waals surface area contributed by atoms with Gasteiger partial charge in [0, 0.05) is 6.20 Å². The van der Waals surface area contributed by atoms with Gasteiger partial charge >= 0.3 is 0 Å². The zero-order valence-electron chi connectivity index (χ0n) is 8.60. The number of benzene rings is 1. The standard InChI is InChI=1S/C11H10F2N2O/c1-16-10-5-3-2-4-9(10)15-7-6-8(14-15)11(12)13/h2-7,11H,1H3. The van der Waals surface area contributed by atoms with Crippen LogP contribution < -0.4 is 4.74 Å². The molecule has 0 aliphatic carbocycles. The van der Waals surface area contributed by atoms with Crippen molar-refractivity contribution < 1.29 is 13.5 Å². The van der Waals surface area contributed by atoms with Gasteiger partial charge in [-0.15, -0.1) is 0 Å². The number of nitrogens with zero attached hydrogens (tertiary/aromatic N) is 2. The summed E-state index contributed by atoms with van der Waals surface area (Å²) in [7, 11) is 1.52. The van der Waals surface area contributed by atoms with Crippen molar-refractivity contribution in [1.82, 2.24) is 9.78 Å². The Labute approximate surface area is 91.3 Å². The number of ether oxygens (including phenoxy) is 1. The molecule has 84 valence electrons. The molecule has 1 heterocycles. The zero-order chi connectivity index (χ0) is 11.5. The first-order valence-electron chi connectivity index (χ1n) is 4.69. The molecule has 2 aromatic rings. The minimum atomic E-state index is -2.56. The van der Waals surface area contributed by atoms with Crippen LogP contribution in [0.5, 0.6) is 5.75 Å². The molecule has 1 aromatic carbocycles. The molecular formula is C11H10F2N2O. The number of hydrogen-bond acceptors (Lipinski definition) is 2. The minimum absolute atomic E-state index is 0.245. The van der Waals surface area contributed by atoms with Crippen LogP contribution in [-0.4, -0.2) is 16.9 Å². The molecule has 0 saturated heterocycles. The Hall–Kier alpha value is -1.91. The van der Waals surface area contributed by atoms with E-state index in [2.05, 4.69) is 5.10 Å². The lowest BCUT2D eigenvalue weighted by molar-refractivity contribution is 0.145. The van der Waals surface area contributed by atoms with E-state index < -0.39 is 6.43 Å². The Balaban J connectivity index is 2.42. The molecular weight excluding hydrogens is 214 g/mol. The number of halogens is 2. The first-order valence-corrected chi connectivity index (χ1v) is 4.69. The van der Waals surface area contributed by atoms with E-state index in [0.717, 1.165) is 0 Å². The van der Waals surface area contributed by atoms with Crippen LogP contribution in [0, 0.1) is 0 Å². The van der Waals surface area contributed by atoms with Gasteiger partial charge in [-0.25, -0.2) is 13.5 Å². The average molecular weight is 224 g/mol. The predicted octanol–water partition coefficient (Wildman–Crippen LogP) is 2.82. The topological polar surface area (TPSA) is 27.1 Å². The van der Waals surface area contributed by atoms with Crippen molar-refractivity contribution in [3.63, 3.8) is 0 Å². The zero-order valence-corrected chi connectivity index (χ0v) is 8.60. The van der Waals surface area contributed by atoms with Crippen LogP contribution in [0.2, 0.25) is 0 Å². The van der Waals surface area contributed by atoms with Crippen molar-refractivity contribution in [2.24, 2.45) is 0 Å². The molecule has 2 rings (SSSR count). The fourth-order valence-corrected chi connectivity index (χ4v) is 1.41. The number of alkyl halides is 2. The summed E-state index contributed by atoms with van der Waals surface area (Å²) in [6, 6.07) is 8.39. The monoisotopic (exact) mass is 224 g/mol. The summed E-state index contributed by atoms with van der Waals surface area (Å²) in [6.45, 7) is 0. The van der Waals surface area contributed by atoms with Crippen LogP contribution in [0.15, 0.2) is 36.5 Å². The molecule has 0 radical (unpaired) electrons. The van der Waals surface area contributed by atoms with E-state index in [1.807, 2.05) is 0 Å². The second kappa shape index (κ2) is 4.30. The Morgan fingerprint density at radius 1 is 1.25 bits per heavy atom. The molecule has 0 N–H and O–H groups in total. The van der Waals surface area contributed by atoms with Crippen molar-refractivity contribution in [3.8, 4) is 11.4 Å². The smallest absolute Gasteiger partial charge is 0.282 e. The van der Waals surface area contributed by atoms with Gasteiger partial charge in [0.05, 0.1) is 7.11 Å². The van der Waals surface area contributed by atoms with Gasteiger partial charge in [0.1, 0.15) is 17.1 Å². The Morgan fingerprint density at radius 2 is 2.00 bits per heavy atom. The van der Waals surface area contributed by atoms with Gasteiger partial charge < -0.3 is 4.74 Å². The lowest BCUT2D eigenvalue weighted by Gasteiger charge is -2.07. The van der Waals surface area contributed by atoms with Gasteiger partial charge in [-0.2, -0.15) is 5.10 Å². The predicted molar refractivity (Wildman–Crippen MR) is 55.1 cm³/mol. The molecule has 5 heteroatoms. The molecule has 3 nitrogen and oxygen atoms in total. The maximum Gasteiger partial charge on any atom is 0.282 e. The van der Waals surface area contributed by atoms with Gasteiger partial charge in [0.15, 0.2) is 0 Å². The van der Waals surface area contributed by atoms with Crippen LogP contribution >= 0.6 is 0 Å². The quantitative estimate of drug-likeness (QED) is 0.801. The number of aromatic nitrogens is 2. The molecule has 0 amide bonds. The molecule has 0 bridgehead atoms. The van der Waals surface area contributed by atoms with Crippen LogP contribution in [0.25, 0.3) is 5.69 Å². The van der Waals surface area contributed by atoms with E-state index in [0.29, 0.717) is 11.4 Å². The summed E-state index contributed by atoms with van der Waals surface area (Å²) in [6.07, 6.45) is -1.07. The second-order valence-corrected chi connectivity index (χ2v) is 3.16. The third-order valence-corrected chi connectivity index (χ3v) is 2.17. The van der Waals surface area contributed by atoms with Crippen LogP contribution in [0.3, 0.4) is 0 Å². The van der Waals surface area contributed by atoms with E-state index in [-0.39, 0.29) is 5.69 Å². The first kappa shape index (κ1) is 10.6. The highest BCUT2D eigenvalue weighted by atomic mass is 19.3. The van der Waals surface area contributed by atoms with Crippen molar-refractivity contribution in [1.29, 1.82) is 0 Å². The molecule has 0 saturated carbocycles. The molecule has 0 unspecified atom stereocenters. The second-order valence-electron chi connectivity index (χ2n) is 3.16. The van der Waals surface area contributed by atoms with Crippen molar-refractivity contribution >= 4 is 0 Å². The molecule has 0 atom stereocenters. The summed E-state index contributed by atoms with van der Waals surface area (Å²) in [4.78, 5) is 0. The lowest BCUT2D eigenvalue weighted by atomic mass is 10.3. The molecule has 0 aliphatic heterocycles. The van der Waals surface area contributed by atoms with E-state index in [9.17, 15) is 8.78 Å². The highest BCUT2D eigenvalue weighted by Crippen LogP contribution is 2.23. The van der Waals surface area contributed by atoms with Gasteiger partial charge in [-0.05, 0) is 18.2 Å². The first-order chi connectivity index (χ1) is 7.72. The SMILES string of the molecule is COc1ccccc1-n1ccc(C(F)F)n1. The van der Waals surface area contributed by atoms with Crippen LogP contribution in [-0.2, 0) is 0 Å². The van der Waals surface area contributed by atoms with Crippen molar-refractivity contribution in [3.05, 3.63) is 42.2 Å². The Bertz CT molecular complexity index is 482. The summed E-state index contributed by atoms with van der Waals surface area (Å²) in [5, 5.41) is 3.78. The molecule has 16 heavy (non-hydrogen) atoms. The fraction of sp³-hybridized carbons (Fsp3) is 0.182. The molecule has 0 fully saturated rings. The van der Waals surface area contributed by atoms with Gasteiger partial charge in [-0.1, -0.05) is 12.1 Å². The largest absolute Gasteiger partial charge is 0.494 e.